The van der Waals surface area contributed by atoms with Crippen molar-refractivity contribution in [1.82, 2.24) is 10.2 Å². The summed E-state index contributed by atoms with van der Waals surface area (Å²) in [4.78, 5) is 12.3. The van der Waals surface area contributed by atoms with Crippen molar-refractivity contribution < 1.29 is 9.53 Å². The Morgan fingerprint density at radius 3 is 2.61 bits per heavy atom. The molecule has 0 radical (unpaired) electrons. The largest absolute Gasteiger partial charge is 0.489 e. The van der Waals surface area contributed by atoms with Gasteiger partial charge in [-0.2, -0.15) is 5.10 Å². The Bertz CT molecular complexity index is 997. The van der Waals surface area contributed by atoms with Gasteiger partial charge in [-0.25, -0.2) is 0 Å². The number of nitrogens with zero attached hydrogens (tertiary/aromatic N) is 1. The van der Waals surface area contributed by atoms with Crippen LogP contribution in [-0.4, -0.2) is 21.4 Å². The number of amides is 1. The van der Waals surface area contributed by atoms with Gasteiger partial charge in [-0.05, 0) is 49.6 Å². The van der Waals surface area contributed by atoms with Crippen LogP contribution >= 0.6 is 11.8 Å². The molecule has 4 rings (SSSR count). The summed E-state index contributed by atoms with van der Waals surface area (Å²) in [5.41, 5.74) is 5.55. The van der Waals surface area contributed by atoms with Crippen LogP contribution in [0.2, 0.25) is 0 Å². The molecule has 0 saturated heterocycles. The van der Waals surface area contributed by atoms with Gasteiger partial charge in [0.1, 0.15) is 12.4 Å². The summed E-state index contributed by atoms with van der Waals surface area (Å²) in [6, 6.07) is 16.4. The maximum Gasteiger partial charge on any atom is 0.238 e. The number of rotatable bonds is 4. The van der Waals surface area contributed by atoms with Gasteiger partial charge in [-0.3, -0.25) is 9.89 Å². The normalized spacial score (nSPS) is 18.9. The number of aromatic nitrogens is 2. The molecule has 0 aliphatic carbocycles. The lowest BCUT2D eigenvalue weighted by Gasteiger charge is -2.18. The van der Waals surface area contributed by atoms with Crippen molar-refractivity contribution in [3.05, 3.63) is 76.5 Å². The van der Waals surface area contributed by atoms with E-state index in [9.17, 15) is 4.79 Å². The number of fused-ring (bicyclic) bond motifs is 1. The van der Waals surface area contributed by atoms with Gasteiger partial charge < -0.3 is 10.1 Å². The lowest BCUT2D eigenvalue weighted by atomic mass is 10.0. The van der Waals surface area contributed by atoms with E-state index in [0.29, 0.717) is 12.4 Å². The number of thioether (sulfide) groups is 1. The fourth-order valence-corrected chi connectivity index (χ4v) is 4.65. The van der Waals surface area contributed by atoms with Gasteiger partial charge in [0.15, 0.2) is 5.82 Å². The minimum Gasteiger partial charge on any atom is -0.489 e. The first-order valence-corrected chi connectivity index (χ1v) is 10.3. The van der Waals surface area contributed by atoms with Crippen molar-refractivity contribution >= 4 is 23.5 Å². The number of hydrogen-bond acceptors (Lipinski definition) is 4. The van der Waals surface area contributed by atoms with Crippen molar-refractivity contribution in [3.8, 4) is 5.75 Å². The molecule has 1 aliphatic heterocycles. The fraction of sp³-hybridized carbons (Fsp3) is 0.273. The van der Waals surface area contributed by atoms with Gasteiger partial charge in [0.25, 0.3) is 0 Å². The van der Waals surface area contributed by atoms with Gasteiger partial charge in [0, 0.05) is 11.3 Å². The molecule has 144 valence electrons. The molecule has 2 aromatic carbocycles. The molecular weight excluding hydrogens is 370 g/mol. The zero-order valence-corrected chi connectivity index (χ0v) is 17.0. The Morgan fingerprint density at radius 2 is 1.86 bits per heavy atom. The second-order valence-electron chi connectivity index (χ2n) is 7.04. The number of anilines is 1. The van der Waals surface area contributed by atoms with Gasteiger partial charge in [-0.15, -0.1) is 11.8 Å². The average Bonchev–Trinajstić information content (AvgIpc) is 2.99. The molecule has 0 unspecified atom stereocenters. The summed E-state index contributed by atoms with van der Waals surface area (Å²) in [7, 11) is 0. The molecule has 2 N–H and O–H groups in total. The summed E-state index contributed by atoms with van der Waals surface area (Å²) in [5.74, 6) is 1.44. The molecule has 3 aromatic rings. The minimum absolute atomic E-state index is 0.0153. The van der Waals surface area contributed by atoms with E-state index in [2.05, 4.69) is 46.7 Å². The quantitative estimate of drug-likeness (QED) is 0.670. The number of carbonyl (C=O) groups is 1. The molecule has 1 amide bonds. The van der Waals surface area contributed by atoms with Crippen molar-refractivity contribution in [2.75, 3.05) is 5.32 Å². The monoisotopic (exact) mass is 393 g/mol. The molecule has 1 aliphatic rings. The van der Waals surface area contributed by atoms with Crippen LogP contribution < -0.4 is 10.1 Å². The van der Waals surface area contributed by atoms with E-state index in [0.717, 1.165) is 22.6 Å². The molecule has 28 heavy (non-hydrogen) atoms. The highest BCUT2D eigenvalue weighted by Gasteiger charge is 2.32. The van der Waals surface area contributed by atoms with Crippen LogP contribution in [0.5, 0.6) is 5.75 Å². The molecular formula is C22H23N3O2S. The highest BCUT2D eigenvalue weighted by Crippen LogP contribution is 2.44. The Hall–Kier alpha value is -2.73. The van der Waals surface area contributed by atoms with Crippen LogP contribution in [0.3, 0.4) is 0 Å². The molecule has 2 heterocycles. The number of hydrogen-bond donors (Lipinski definition) is 2. The molecule has 2 atom stereocenters. The number of nitrogens with one attached hydrogen (secondary N) is 2. The standard InChI is InChI=1S/C22H23N3O2S/c1-13-6-4-5-7-17(13)12-27-18-10-8-16(9-11-18)20-19-14(2)24-25-21(19)23-22(26)15(3)28-20/h4-11,15,20H,12H2,1-3H3,(H2,23,24,25,26)/t15-,20-/m1/s1. The summed E-state index contributed by atoms with van der Waals surface area (Å²) in [6.45, 7) is 6.55. The van der Waals surface area contributed by atoms with Gasteiger partial charge in [0.2, 0.25) is 5.91 Å². The smallest absolute Gasteiger partial charge is 0.238 e. The maximum absolute atomic E-state index is 12.3. The second-order valence-corrected chi connectivity index (χ2v) is 8.49. The number of benzene rings is 2. The minimum atomic E-state index is -0.157. The number of aryl methyl sites for hydroxylation is 2. The summed E-state index contributed by atoms with van der Waals surface area (Å²) in [6.07, 6.45) is 0. The van der Waals surface area contributed by atoms with Crippen LogP contribution in [0, 0.1) is 13.8 Å². The third-order valence-corrected chi connectivity index (χ3v) is 6.45. The van der Waals surface area contributed by atoms with Gasteiger partial charge in [0.05, 0.1) is 10.5 Å². The van der Waals surface area contributed by atoms with Crippen LogP contribution in [0.1, 0.15) is 40.1 Å². The van der Waals surface area contributed by atoms with Crippen molar-refractivity contribution in [2.45, 2.75) is 37.9 Å². The molecule has 0 spiro atoms. The van der Waals surface area contributed by atoms with Crippen molar-refractivity contribution in [2.24, 2.45) is 0 Å². The first-order valence-electron chi connectivity index (χ1n) is 9.31. The van der Waals surface area contributed by atoms with Gasteiger partial charge in [-0.1, -0.05) is 36.4 Å². The number of H-pyrrole nitrogens is 1. The Morgan fingerprint density at radius 1 is 1.11 bits per heavy atom. The van der Waals surface area contributed by atoms with Crippen molar-refractivity contribution in [1.29, 1.82) is 0 Å². The first-order chi connectivity index (χ1) is 13.5. The lowest BCUT2D eigenvalue weighted by molar-refractivity contribution is -0.115. The third-order valence-electron chi connectivity index (χ3n) is 5.05. The van der Waals surface area contributed by atoms with E-state index >= 15 is 0 Å². The zero-order valence-electron chi connectivity index (χ0n) is 16.2. The lowest BCUT2D eigenvalue weighted by Crippen LogP contribution is -2.21. The Balaban J connectivity index is 1.55. The Kier molecular flexibility index (Phi) is 5.13. The molecule has 0 saturated carbocycles. The third kappa shape index (κ3) is 3.64. The zero-order chi connectivity index (χ0) is 19.7. The average molecular weight is 394 g/mol. The predicted molar refractivity (Wildman–Crippen MR) is 113 cm³/mol. The number of ether oxygens (including phenoxy) is 1. The number of carbonyl (C=O) groups excluding carboxylic acids is 1. The van der Waals surface area contributed by atoms with Crippen molar-refractivity contribution in [3.63, 3.8) is 0 Å². The maximum atomic E-state index is 12.3. The van der Waals surface area contributed by atoms with E-state index in [-0.39, 0.29) is 16.4 Å². The predicted octanol–water partition coefficient (Wildman–Crippen LogP) is 4.77. The van der Waals surface area contributed by atoms with E-state index in [1.807, 2.05) is 38.1 Å². The summed E-state index contributed by atoms with van der Waals surface area (Å²) in [5, 5.41) is 10.1. The topological polar surface area (TPSA) is 67.0 Å². The van der Waals surface area contributed by atoms with Crippen LogP contribution in [0.25, 0.3) is 0 Å². The fourth-order valence-electron chi connectivity index (χ4n) is 3.32. The molecule has 5 nitrogen and oxygen atoms in total. The summed E-state index contributed by atoms with van der Waals surface area (Å²) >= 11 is 1.64. The van der Waals surface area contributed by atoms with E-state index in [4.69, 9.17) is 4.74 Å². The van der Waals surface area contributed by atoms with E-state index in [1.165, 1.54) is 11.1 Å². The highest BCUT2D eigenvalue weighted by atomic mass is 32.2. The molecule has 0 fully saturated rings. The van der Waals surface area contributed by atoms with Crippen LogP contribution in [0.4, 0.5) is 5.82 Å². The highest BCUT2D eigenvalue weighted by molar-refractivity contribution is 8.01. The molecule has 1 aromatic heterocycles. The second kappa shape index (κ2) is 7.72. The van der Waals surface area contributed by atoms with Crippen LogP contribution in [0.15, 0.2) is 48.5 Å². The van der Waals surface area contributed by atoms with E-state index < -0.39 is 0 Å². The van der Waals surface area contributed by atoms with E-state index in [1.54, 1.807) is 11.8 Å². The molecule has 0 bridgehead atoms. The Labute approximate surface area is 168 Å². The SMILES string of the molecule is Cc1ccccc1COc1ccc([C@H]2S[C@H](C)C(=O)Nc3n[nH]c(C)c32)cc1. The molecule has 6 heteroatoms. The number of aromatic amines is 1. The van der Waals surface area contributed by atoms with Crippen LogP contribution in [-0.2, 0) is 11.4 Å². The van der Waals surface area contributed by atoms with Gasteiger partial charge >= 0.3 is 0 Å². The first kappa shape index (κ1) is 18.6. The summed E-state index contributed by atoms with van der Waals surface area (Å²) < 4.78 is 5.96.